The molecule has 3 aromatic rings. The number of hydrogen-bond donors (Lipinski definition) is 3. The summed E-state index contributed by atoms with van der Waals surface area (Å²) in [6, 6.07) is 14.9. The highest BCUT2D eigenvalue weighted by molar-refractivity contribution is 8.18. The number of H-pyrrole nitrogens is 1. The lowest BCUT2D eigenvalue weighted by Gasteiger charge is -2.05. The molecule has 1 aromatic heterocycles. The second-order valence-corrected chi connectivity index (χ2v) is 7.05. The average Bonchev–Trinajstić information content (AvgIpc) is 3.20. The first-order chi connectivity index (χ1) is 13.1. The predicted octanol–water partition coefficient (Wildman–Crippen LogP) is 3.88. The lowest BCUT2D eigenvalue weighted by molar-refractivity contribution is -0.136. The molecule has 1 aliphatic rings. The molecule has 134 valence electrons. The van der Waals surface area contributed by atoms with Crippen LogP contribution in [0.5, 0.6) is 0 Å². The van der Waals surface area contributed by atoms with Crippen molar-refractivity contribution < 1.29 is 14.7 Å². The molecule has 7 heteroatoms. The maximum absolute atomic E-state index is 12.2. The maximum atomic E-state index is 12.2. The van der Waals surface area contributed by atoms with Gasteiger partial charge < -0.3 is 15.4 Å². The molecule has 6 nitrogen and oxygen atoms in total. The minimum atomic E-state index is -0.871. The standard InChI is InChI=1S/C20H15N3O3S/c24-18(25)9-12-5-7-14(8-6-12)22-20-23-19(26)17(27-20)10-13-11-21-16-4-2-1-3-15(13)16/h1-8,10-11,21H,9H2,(H,24,25)(H,22,23,26). The Kier molecular flexibility index (Phi) is 4.52. The molecule has 1 amide bonds. The highest BCUT2D eigenvalue weighted by Gasteiger charge is 2.22. The second-order valence-electron chi connectivity index (χ2n) is 6.01. The van der Waals surface area contributed by atoms with Gasteiger partial charge in [0.1, 0.15) is 0 Å². The molecule has 0 fully saturated rings. The molecule has 2 aromatic carbocycles. The monoisotopic (exact) mass is 377 g/mol. The third-order valence-corrected chi connectivity index (χ3v) is 4.99. The van der Waals surface area contributed by atoms with Crippen molar-refractivity contribution in [3.63, 3.8) is 0 Å². The van der Waals surface area contributed by atoms with Crippen LogP contribution in [0.25, 0.3) is 17.0 Å². The van der Waals surface area contributed by atoms with Gasteiger partial charge in [-0.05, 0) is 41.6 Å². The number of nitrogens with zero attached hydrogens (tertiary/aromatic N) is 1. The van der Waals surface area contributed by atoms with Gasteiger partial charge in [-0.3, -0.25) is 9.59 Å². The number of thioether (sulfide) groups is 1. The summed E-state index contributed by atoms with van der Waals surface area (Å²) in [5.74, 6) is -1.15. The summed E-state index contributed by atoms with van der Waals surface area (Å²) >= 11 is 1.28. The topological polar surface area (TPSA) is 94.5 Å². The molecule has 27 heavy (non-hydrogen) atoms. The Hall–Kier alpha value is -3.32. The molecule has 0 saturated carbocycles. The Balaban J connectivity index is 1.48. The number of nitrogens with one attached hydrogen (secondary N) is 2. The van der Waals surface area contributed by atoms with Gasteiger partial charge in [0.05, 0.1) is 11.3 Å². The van der Waals surface area contributed by atoms with Crippen molar-refractivity contribution in [2.75, 3.05) is 5.32 Å². The first-order valence-corrected chi connectivity index (χ1v) is 9.06. The molecule has 0 bridgehead atoms. The third kappa shape index (κ3) is 3.78. The normalized spacial score (nSPS) is 15.3. The molecule has 0 atom stereocenters. The predicted molar refractivity (Wildman–Crippen MR) is 108 cm³/mol. The summed E-state index contributed by atoms with van der Waals surface area (Å²) in [7, 11) is 0. The van der Waals surface area contributed by atoms with Gasteiger partial charge in [0.25, 0.3) is 5.91 Å². The summed E-state index contributed by atoms with van der Waals surface area (Å²) < 4.78 is 0. The molecule has 0 unspecified atom stereocenters. The van der Waals surface area contributed by atoms with E-state index in [2.05, 4.69) is 15.3 Å². The zero-order valence-corrected chi connectivity index (χ0v) is 14.9. The SMILES string of the molecule is O=C(O)Cc1ccc(NC2=NC(=O)C(=Cc3c[nH]c4ccccc34)S2)cc1. The fourth-order valence-electron chi connectivity index (χ4n) is 2.82. The fourth-order valence-corrected chi connectivity index (χ4v) is 3.65. The van der Waals surface area contributed by atoms with Gasteiger partial charge in [-0.1, -0.05) is 30.3 Å². The fraction of sp³-hybridized carbons (Fsp3) is 0.0500. The number of amides is 1. The summed E-state index contributed by atoms with van der Waals surface area (Å²) in [6.45, 7) is 0. The number of amidine groups is 1. The van der Waals surface area contributed by atoms with E-state index in [0.29, 0.717) is 15.6 Å². The smallest absolute Gasteiger partial charge is 0.307 e. The van der Waals surface area contributed by atoms with Crippen molar-refractivity contribution in [3.8, 4) is 0 Å². The summed E-state index contributed by atoms with van der Waals surface area (Å²) in [6.07, 6.45) is 3.68. The molecule has 3 N–H and O–H groups in total. The maximum Gasteiger partial charge on any atom is 0.307 e. The van der Waals surface area contributed by atoms with Crippen LogP contribution in [0, 0.1) is 0 Å². The molecule has 0 aliphatic carbocycles. The number of rotatable bonds is 4. The van der Waals surface area contributed by atoms with Crippen molar-refractivity contribution in [2.24, 2.45) is 4.99 Å². The molecule has 1 aliphatic heterocycles. The molecular formula is C20H15N3O3S. The van der Waals surface area contributed by atoms with E-state index >= 15 is 0 Å². The highest BCUT2D eigenvalue weighted by Crippen LogP contribution is 2.31. The number of carboxylic acid groups (broad SMARTS) is 1. The number of benzene rings is 2. The van der Waals surface area contributed by atoms with E-state index in [1.165, 1.54) is 11.8 Å². The van der Waals surface area contributed by atoms with E-state index < -0.39 is 5.97 Å². The van der Waals surface area contributed by atoms with Crippen LogP contribution >= 0.6 is 11.8 Å². The van der Waals surface area contributed by atoms with Crippen molar-refractivity contribution in [2.45, 2.75) is 6.42 Å². The minimum Gasteiger partial charge on any atom is -0.481 e. The number of carboxylic acids is 1. The Morgan fingerprint density at radius 3 is 2.74 bits per heavy atom. The van der Waals surface area contributed by atoms with E-state index in [9.17, 15) is 9.59 Å². The molecule has 0 spiro atoms. The number of aliphatic imine (C=N–C) groups is 1. The number of hydrogen-bond acceptors (Lipinski definition) is 4. The van der Waals surface area contributed by atoms with Crippen molar-refractivity contribution in [3.05, 3.63) is 70.8 Å². The van der Waals surface area contributed by atoms with Gasteiger partial charge in [0, 0.05) is 28.4 Å². The van der Waals surface area contributed by atoms with Crippen LogP contribution in [0.4, 0.5) is 5.69 Å². The van der Waals surface area contributed by atoms with Crippen molar-refractivity contribution >= 4 is 51.5 Å². The van der Waals surface area contributed by atoms with Crippen LogP contribution in [0.1, 0.15) is 11.1 Å². The number of fused-ring (bicyclic) bond motifs is 1. The number of para-hydroxylation sites is 1. The van der Waals surface area contributed by atoms with E-state index in [0.717, 1.165) is 22.2 Å². The van der Waals surface area contributed by atoms with Crippen LogP contribution in [0.15, 0.2) is 64.6 Å². The number of aliphatic carboxylic acids is 1. The zero-order chi connectivity index (χ0) is 18.8. The van der Waals surface area contributed by atoms with Gasteiger partial charge in [-0.15, -0.1) is 0 Å². The van der Waals surface area contributed by atoms with Gasteiger partial charge in [-0.2, -0.15) is 4.99 Å². The summed E-state index contributed by atoms with van der Waals surface area (Å²) in [5.41, 5.74) is 3.41. The third-order valence-electron chi connectivity index (χ3n) is 4.09. The minimum absolute atomic E-state index is 0.0219. The summed E-state index contributed by atoms with van der Waals surface area (Å²) in [5, 5.41) is 13.5. The van der Waals surface area contributed by atoms with E-state index in [1.54, 1.807) is 24.3 Å². The van der Waals surface area contributed by atoms with Gasteiger partial charge in [-0.25, -0.2) is 0 Å². The number of carbonyl (C=O) groups is 2. The largest absolute Gasteiger partial charge is 0.481 e. The Morgan fingerprint density at radius 1 is 1.19 bits per heavy atom. The van der Waals surface area contributed by atoms with Crippen LogP contribution < -0.4 is 5.32 Å². The van der Waals surface area contributed by atoms with Crippen LogP contribution in [-0.2, 0) is 16.0 Å². The molecule has 2 heterocycles. The quantitative estimate of drug-likeness (QED) is 0.600. The molecular weight excluding hydrogens is 362 g/mol. The molecule has 0 saturated heterocycles. The second kappa shape index (κ2) is 7.13. The lowest BCUT2D eigenvalue weighted by Crippen LogP contribution is -2.05. The average molecular weight is 377 g/mol. The lowest BCUT2D eigenvalue weighted by atomic mass is 10.1. The van der Waals surface area contributed by atoms with E-state index in [1.807, 2.05) is 36.5 Å². The highest BCUT2D eigenvalue weighted by atomic mass is 32.2. The van der Waals surface area contributed by atoms with Gasteiger partial charge in [0.2, 0.25) is 0 Å². The van der Waals surface area contributed by atoms with E-state index in [-0.39, 0.29) is 12.3 Å². The van der Waals surface area contributed by atoms with Crippen molar-refractivity contribution in [1.29, 1.82) is 0 Å². The number of aromatic amines is 1. The van der Waals surface area contributed by atoms with Crippen LogP contribution in [0.2, 0.25) is 0 Å². The number of aromatic nitrogens is 1. The van der Waals surface area contributed by atoms with Crippen LogP contribution in [-0.4, -0.2) is 27.1 Å². The number of anilines is 1. The molecule has 4 rings (SSSR count). The Bertz CT molecular complexity index is 1100. The zero-order valence-electron chi connectivity index (χ0n) is 14.1. The summed E-state index contributed by atoms with van der Waals surface area (Å²) in [4.78, 5) is 30.7. The van der Waals surface area contributed by atoms with Crippen LogP contribution in [0.3, 0.4) is 0 Å². The molecule has 0 radical (unpaired) electrons. The van der Waals surface area contributed by atoms with E-state index in [4.69, 9.17) is 5.11 Å². The first-order valence-electron chi connectivity index (χ1n) is 8.25. The Morgan fingerprint density at radius 2 is 1.96 bits per heavy atom. The first kappa shape index (κ1) is 17.1. The Labute approximate surface area is 159 Å². The van der Waals surface area contributed by atoms with Gasteiger partial charge in [0.15, 0.2) is 5.17 Å². The number of carbonyl (C=O) groups excluding carboxylic acids is 1. The van der Waals surface area contributed by atoms with Gasteiger partial charge >= 0.3 is 5.97 Å². The van der Waals surface area contributed by atoms with Crippen molar-refractivity contribution in [1.82, 2.24) is 4.98 Å².